The van der Waals surface area contributed by atoms with Crippen molar-refractivity contribution < 1.29 is 31.7 Å². The number of phenolic OH excluding ortho intramolecular Hbond substituents is 1. The van der Waals surface area contributed by atoms with Crippen LogP contribution in [0.5, 0.6) is 11.5 Å². The van der Waals surface area contributed by atoms with Crippen LogP contribution in [0.1, 0.15) is 121 Å². The van der Waals surface area contributed by atoms with Crippen LogP contribution in [-0.2, 0) is 21.9 Å². The molecule has 0 amide bonds. The van der Waals surface area contributed by atoms with E-state index in [1.165, 1.54) is 95.5 Å². The second-order valence-electron chi connectivity index (χ2n) is 11.8. The number of esters is 1. The minimum atomic E-state index is -0.250. The molecule has 46 heavy (non-hydrogen) atoms. The first-order chi connectivity index (χ1) is 22.2. The summed E-state index contributed by atoms with van der Waals surface area (Å²) in [7, 11) is 0. The van der Waals surface area contributed by atoms with Gasteiger partial charge in [0.2, 0.25) is 0 Å². The molecule has 0 heterocycles. The van der Waals surface area contributed by atoms with Crippen LogP contribution in [0.25, 0.3) is 0 Å². The van der Waals surface area contributed by atoms with Gasteiger partial charge in [-0.25, -0.2) is 0 Å². The molecule has 10 radical (unpaired) electrons. The molecule has 0 aliphatic heterocycles. The third kappa shape index (κ3) is 17.7. The van der Waals surface area contributed by atoms with Crippen molar-refractivity contribution in [1.29, 1.82) is 0 Å². The molecule has 0 atom stereocenters. The minimum absolute atomic E-state index is 0. The van der Waals surface area contributed by atoms with Gasteiger partial charge in [0.05, 0.1) is 5.69 Å². The largest absolute Gasteiger partial charge is 2.00 e. The number of aromatic hydroxyl groups is 1. The van der Waals surface area contributed by atoms with E-state index >= 15 is 0 Å². The Balaban J connectivity index is 0.00000112. The van der Waals surface area contributed by atoms with E-state index in [-0.39, 0.29) is 28.8 Å². The van der Waals surface area contributed by atoms with Crippen molar-refractivity contribution in [2.75, 3.05) is 0 Å². The van der Waals surface area contributed by atoms with Gasteiger partial charge in [-0.1, -0.05) is 109 Å². The monoisotopic (exact) mass is 663 g/mol. The van der Waals surface area contributed by atoms with Crippen molar-refractivity contribution in [3.8, 4) is 11.5 Å². The van der Waals surface area contributed by atoms with Crippen molar-refractivity contribution in [2.24, 2.45) is 4.99 Å². The number of carbonyl (C=O) groups excluding carboxylic acids is 1. The Bertz CT molecular complexity index is 1070. The maximum atomic E-state index is 12.2. The number of carbonyl (C=O) groups is 1. The van der Waals surface area contributed by atoms with E-state index in [0.717, 1.165) is 24.1 Å². The normalized spacial score (nSPS) is 14.6. The van der Waals surface area contributed by atoms with E-state index in [1.807, 2.05) is 69.2 Å². The second-order valence-corrected chi connectivity index (χ2v) is 11.8. The zero-order chi connectivity index (χ0) is 31.8. The Morgan fingerprint density at radius 1 is 0.674 bits per heavy atom. The molecule has 0 unspecified atom stereocenters. The first kappa shape index (κ1) is 40.1. The maximum Gasteiger partial charge on any atom is 2.00 e. The van der Waals surface area contributed by atoms with E-state index in [0.29, 0.717) is 17.7 Å². The predicted octanol–water partition coefficient (Wildman–Crippen LogP) is 11.1. The molecular formula is C41H53FeNO3+2. The fraction of sp³-hybridized carbons (Fsp3) is 0.415. The number of nitrogens with zero attached hydrogens (tertiary/aromatic N) is 1. The average Bonchev–Trinajstić information content (AvgIpc) is 3.81. The molecule has 2 aliphatic rings. The summed E-state index contributed by atoms with van der Waals surface area (Å²) in [4.78, 5) is 16.7. The molecule has 2 aliphatic carbocycles. The van der Waals surface area contributed by atoms with Gasteiger partial charge >= 0.3 is 23.0 Å². The van der Waals surface area contributed by atoms with E-state index in [2.05, 4.69) is 24.8 Å². The third-order valence-corrected chi connectivity index (χ3v) is 7.99. The van der Waals surface area contributed by atoms with Gasteiger partial charge in [0.25, 0.3) is 0 Å². The summed E-state index contributed by atoms with van der Waals surface area (Å²) in [6.45, 7) is 2.27. The van der Waals surface area contributed by atoms with Crippen LogP contribution in [0, 0.1) is 63.7 Å². The molecular weight excluding hydrogens is 610 g/mol. The van der Waals surface area contributed by atoms with Crippen LogP contribution in [0.4, 0.5) is 5.69 Å². The fourth-order valence-corrected chi connectivity index (χ4v) is 5.29. The van der Waals surface area contributed by atoms with Crippen molar-refractivity contribution in [2.45, 2.75) is 110 Å². The Kier molecular flexibility index (Phi) is 22.6. The topological polar surface area (TPSA) is 58.9 Å². The first-order valence-corrected chi connectivity index (χ1v) is 17.2. The second kappa shape index (κ2) is 25.9. The van der Waals surface area contributed by atoms with Gasteiger partial charge in [-0.05, 0) is 94.0 Å². The Hall–Kier alpha value is -2.10. The molecule has 0 saturated heterocycles. The van der Waals surface area contributed by atoms with Gasteiger partial charge in [0.15, 0.2) is 0 Å². The van der Waals surface area contributed by atoms with Crippen LogP contribution < -0.4 is 4.74 Å². The molecule has 0 bridgehead atoms. The summed E-state index contributed by atoms with van der Waals surface area (Å²) >= 11 is 0. The van der Waals surface area contributed by atoms with Crippen molar-refractivity contribution in [3.63, 3.8) is 0 Å². The quantitative estimate of drug-likeness (QED) is 0.0504. The molecule has 5 heteroatoms. The molecule has 0 aromatic heterocycles. The summed E-state index contributed by atoms with van der Waals surface area (Å²) in [5.41, 5.74) is 2.51. The van der Waals surface area contributed by atoms with Crippen LogP contribution in [0.3, 0.4) is 0 Å². The molecule has 2 saturated carbocycles. The zero-order valence-electron chi connectivity index (χ0n) is 27.7. The summed E-state index contributed by atoms with van der Waals surface area (Å²) in [5.74, 6) is 1.33. The Labute approximate surface area is 292 Å². The third-order valence-electron chi connectivity index (χ3n) is 7.99. The molecule has 2 aromatic carbocycles. The van der Waals surface area contributed by atoms with Crippen LogP contribution >= 0.6 is 0 Å². The standard InChI is InChI=1S/C36H48NO3.C5H5.Fe/c1-2-3-4-5-6-7-8-9-10-11-12-13-14-15-16-21-36(39)40-34-27-24-32(35(38)28-34)29-37-33-25-22-31(23-26-33)30-19-17-18-20-30;1-2-4-5-3-1;/h17-20,22-29,38H,2-16,21H2,1H3;1-5H;/q;;+2. The summed E-state index contributed by atoms with van der Waals surface area (Å²) in [5, 5.41) is 10.4. The molecule has 4 rings (SSSR count). The molecule has 0 spiro atoms. The van der Waals surface area contributed by atoms with Gasteiger partial charge in [0, 0.05) is 30.2 Å². The van der Waals surface area contributed by atoms with E-state index < -0.39 is 0 Å². The number of unbranched alkanes of at least 4 members (excludes halogenated alkanes) is 14. The van der Waals surface area contributed by atoms with Crippen LogP contribution in [0.15, 0.2) is 47.5 Å². The van der Waals surface area contributed by atoms with Gasteiger partial charge in [-0.2, -0.15) is 0 Å². The Morgan fingerprint density at radius 2 is 1.17 bits per heavy atom. The van der Waals surface area contributed by atoms with E-state index in [9.17, 15) is 9.90 Å². The summed E-state index contributed by atoms with van der Waals surface area (Å²) in [6, 6.07) is 12.8. The molecule has 2 fully saturated rings. The number of hydrogen-bond acceptors (Lipinski definition) is 4. The molecule has 2 aromatic rings. The van der Waals surface area contributed by atoms with Gasteiger partial charge in [-0.15, -0.1) is 0 Å². The smallest absolute Gasteiger partial charge is 0.507 e. The number of benzene rings is 2. The van der Waals surface area contributed by atoms with Gasteiger partial charge in [-0.3, -0.25) is 9.79 Å². The number of phenols is 1. The molecule has 1 N–H and O–H groups in total. The van der Waals surface area contributed by atoms with E-state index in [4.69, 9.17) is 4.74 Å². The van der Waals surface area contributed by atoms with Crippen molar-refractivity contribution in [3.05, 3.63) is 117 Å². The molecule has 246 valence electrons. The summed E-state index contributed by atoms with van der Waals surface area (Å²) < 4.78 is 5.44. The minimum Gasteiger partial charge on any atom is -0.507 e. The van der Waals surface area contributed by atoms with E-state index in [1.54, 1.807) is 18.3 Å². The predicted molar refractivity (Wildman–Crippen MR) is 188 cm³/mol. The van der Waals surface area contributed by atoms with Crippen molar-refractivity contribution >= 4 is 17.9 Å². The van der Waals surface area contributed by atoms with Gasteiger partial charge < -0.3 is 9.84 Å². The average molecular weight is 664 g/mol. The number of aliphatic imine (C=N–C) groups is 1. The number of ether oxygens (including phenoxy) is 1. The van der Waals surface area contributed by atoms with Gasteiger partial charge in [0.1, 0.15) is 11.5 Å². The maximum absolute atomic E-state index is 12.2. The fourth-order valence-electron chi connectivity index (χ4n) is 5.29. The SMILES string of the molecule is CCCCCCCCCCCCCCCCCC(=O)Oc1ccc(C=Nc2ccc([C]3[CH][CH][CH][CH]3)cc2)c(O)c1.[CH]1[CH][CH][CH][CH]1.[Fe+2]. The van der Waals surface area contributed by atoms with Crippen molar-refractivity contribution in [1.82, 2.24) is 0 Å². The number of rotatable bonds is 20. The van der Waals surface area contributed by atoms with Crippen LogP contribution in [-0.4, -0.2) is 17.3 Å². The summed E-state index contributed by atoms with van der Waals surface area (Å²) in [6.07, 6.45) is 39.7. The number of hydrogen-bond donors (Lipinski definition) is 1. The molecule has 4 nitrogen and oxygen atoms in total. The first-order valence-electron chi connectivity index (χ1n) is 17.2. The zero-order valence-corrected chi connectivity index (χ0v) is 28.8. The Morgan fingerprint density at radius 3 is 1.67 bits per heavy atom. The van der Waals surface area contributed by atoms with Crippen LogP contribution in [0.2, 0.25) is 0 Å².